The van der Waals surface area contributed by atoms with E-state index in [2.05, 4.69) is 28.9 Å². The summed E-state index contributed by atoms with van der Waals surface area (Å²) in [5.74, 6) is 0.956. The van der Waals surface area contributed by atoms with E-state index in [1.807, 2.05) is 19.9 Å². The molecule has 2 rings (SSSR count). The predicted molar refractivity (Wildman–Crippen MR) is 76.9 cm³/mol. The fourth-order valence-corrected chi connectivity index (χ4v) is 2.88. The van der Waals surface area contributed by atoms with Crippen LogP contribution in [0.2, 0.25) is 0 Å². The molecular formula is C14H22N4O. The standard InChI is InChI=1S/C14H22N4O/c1-9-8-10(2)16-13(11(9)12(15)17-19)18-7-5-6-14(18,3)4/h8,19H,5-7H2,1-4H3,(H2,15,17). The summed E-state index contributed by atoms with van der Waals surface area (Å²) in [6.45, 7) is 9.30. The molecule has 1 fully saturated rings. The highest BCUT2D eigenvalue weighted by Crippen LogP contribution is 2.35. The predicted octanol–water partition coefficient (Wildman–Crippen LogP) is 2.17. The molecule has 0 spiro atoms. The maximum atomic E-state index is 9.00. The van der Waals surface area contributed by atoms with Crippen LogP contribution in [-0.2, 0) is 0 Å². The zero-order valence-corrected chi connectivity index (χ0v) is 12.1. The molecule has 1 aliphatic heterocycles. The van der Waals surface area contributed by atoms with Crippen LogP contribution in [0.3, 0.4) is 0 Å². The Hall–Kier alpha value is -1.78. The number of nitrogens with zero attached hydrogens (tertiary/aromatic N) is 3. The van der Waals surface area contributed by atoms with Gasteiger partial charge in [0, 0.05) is 17.8 Å². The van der Waals surface area contributed by atoms with Gasteiger partial charge in [0.15, 0.2) is 5.84 Å². The lowest BCUT2D eigenvalue weighted by molar-refractivity contribution is 0.318. The molecule has 19 heavy (non-hydrogen) atoms. The van der Waals surface area contributed by atoms with Gasteiger partial charge in [-0.15, -0.1) is 0 Å². The summed E-state index contributed by atoms with van der Waals surface area (Å²) in [7, 11) is 0. The number of pyridine rings is 1. The molecule has 2 heterocycles. The summed E-state index contributed by atoms with van der Waals surface area (Å²) in [6, 6.07) is 1.96. The summed E-state index contributed by atoms with van der Waals surface area (Å²) in [5, 5.41) is 12.2. The van der Waals surface area contributed by atoms with E-state index >= 15 is 0 Å². The first-order valence-corrected chi connectivity index (χ1v) is 6.60. The van der Waals surface area contributed by atoms with Gasteiger partial charge in [-0.05, 0) is 52.2 Å². The van der Waals surface area contributed by atoms with Gasteiger partial charge in [-0.25, -0.2) is 4.98 Å². The maximum Gasteiger partial charge on any atom is 0.174 e. The maximum absolute atomic E-state index is 9.00. The molecular weight excluding hydrogens is 240 g/mol. The molecule has 0 unspecified atom stereocenters. The highest BCUT2D eigenvalue weighted by atomic mass is 16.4. The van der Waals surface area contributed by atoms with Crippen LogP contribution >= 0.6 is 0 Å². The van der Waals surface area contributed by atoms with Gasteiger partial charge in [-0.3, -0.25) is 0 Å². The number of rotatable bonds is 2. The Balaban J connectivity index is 2.62. The molecule has 104 valence electrons. The van der Waals surface area contributed by atoms with Gasteiger partial charge in [-0.1, -0.05) is 5.16 Å². The highest BCUT2D eigenvalue weighted by Gasteiger charge is 2.35. The lowest BCUT2D eigenvalue weighted by Crippen LogP contribution is -2.40. The number of aromatic nitrogens is 1. The van der Waals surface area contributed by atoms with Crippen LogP contribution in [0.5, 0.6) is 0 Å². The molecule has 5 nitrogen and oxygen atoms in total. The molecule has 3 N–H and O–H groups in total. The van der Waals surface area contributed by atoms with Crippen molar-refractivity contribution in [2.24, 2.45) is 10.9 Å². The Kier molecular flexibility index (Phi) is 3.39. The van der Waals surface area contributed by atoms with Crippen LogP contribution in [0.25, 0.3) is 0 Å². The molecule has 0 radical (unpaired) electrons. The number of nitrogens with two attached hydrogens (primary N) is 1. The summed E-state index contributed by atoms with van der Waals surface area (Å²) >= 11 is 0. The Bertz CT molecular complexity index is 522. The van der Waals surface area contributed by atoms with Crippen LogP contribution in [0.15, 0.2) is 11.2 Å². The summed E-state index contributed by atoms with van der Waals surface area (Å²) in [6.07, 6.45) is 2.26. The Morgan fingerprint density at radius 1 is 1.47 bits per heavy atom. The van der Waals surface area contributed by atoms with Crippen molar-refractivity contribution in [1.82, 2.24) is 4.98 Å². The fourth-order valence-electron chi connectivity index (χ4n) is 2.88. The largest absolute Gasteiger partial charge is 0.409 e. The molecule has 0 aromatic carbocycles. The quantitative estimate of drug-likeness (QED) is 0.371. The molecule has 1 aromatic heterocycles. The summed E-state index contributed by atoms with van der Waals surface area (Å²) in [5.41, 5.74) is 8.56. The number of amidine groups is 1. The molecule has 0 bridgehead atoms. The van der Waals surface area contributed by atoms with Gasteiger partial charge in [0.1, 0.15) is 5.82 Å². The van der Waals surface area contributed by atoms with E-state index in [0.717, 1.165) is 42.0 Å². The number of anilines is 1. The van der Waals surface area contributed by atoms with Crippen molar-refractivity contribution < 1.29 is 5.21 Å². The van der Waals surface area contributed by atoms with Crippen LogP contribution in [-0.4, -0.2) is 28.1 Å². The Morgan fingerprint density at radius 3 is 2.68 bits per heavy atom. The second-order valence-corrected chi connectivity index (χ2v) is 5.83. The second-order valence-electron chi connectivity index (χ2n) is 5.83. The molecule has 0 saturated carbocycles. The van der Waals surface area contributed by atoms with Gasteiger partial charge >= 0.3 is 0 Å². The monoisotopic (exact) mass is 262 g/mol. The van der Waals surface area contributed by atoms with Crippen LogP contribution in [0, 0.1) is 13.8 Å². The normalized spacial score (nSPS) is 18.9. The fraction of sp³-hybridized carbons (Fsp3) is 0.571. The van der Waals surface area contributed by atoms with E-state index in [-0.39, 0.29) is 11.4 Å². The van der Waals surface area contributed by atoms with Crippen LogP contribution < -0.4 is 10.6 Å². The minimum Gasteiger partial charge on any atom is -0.409 e. The average Bonchev–Trinajstić information content (AvgIpc) is 2.67. The first-order valence-electron chi connectivity index (χ1n) is 6.60. The van der Waals surface area contributed by atoms with Gasteiger partial charge < -0.3 is 15.8 Å². The molecule has 1 aromatic rings. The van der Waals surface area contributed by atoms with Crippen molar-refractivity contribution in [3.8, 4) is 0 Å². The van der Waals surface area contributed by atoms with Gasteiger partial charge in [0.05, 0.1) is 5.56 Å². The average molecular weight is 262 g/mol. The van der Waals surface area contributed by atoms with Gasteiger partial charge in [-0.2, -0.15) is 0 Å². The van der Waals surface area contributed by atoms with Crippen molar-refractivity contribution in [3.63, 3.8) is 0 Å². The minimum absolute atomic E-state index is 0.0533. The third-order valence-electron chi connectivity index (χ3n) is 3.85. The van der Waals surface area contributed by atoms with E-state index in [4.69, 9.17) is 10.9 Å². The smallest absolute Gasteiger partial charge is 0.174 e. The Labute approximate surface area is 114 Å². The number of hydrogen-bond acceptors (Lipinski definition) is 4. The van der Waals surface area contributed by atoms with E-state index in [9.17, 15) is 0 Å². The van der Waals surface area contributed by atoms with Crippen molar-refractivity contribution in [3.05, 3.63) is 22.9 Å². The third kappa shape index (κ3) is 2.37. The van der Waals surface area contributed by atoms with Gasteiger partial charge in [0.2, 0.25) is 0 Å². The van der Waals surface area contributed by atoms with E-state index in [1.54, 1.807) is 0 Å². The van der Waals surface area contributed by atoms with Gasteiger partial charge in [0.25, 0.3) is 0 Å². The lowest BCUT2D eigenvalue weighted by Gasteiger charge is -2.34. The van der Waals surface area contributed by atoms with Crippen molar-refractivity contribution in [2.45, 2.75) is 46.1 Å². The zero-order chi connectivity index (χ0) is 14.2. The molecule has 0 aliphatic carbocycles. The molecule has 1 aliphatic rings. The minimum atomic E-state index is 0.0533. The number of hydrogen-bond donors (Lipinski definition) is 2. The lowest BCUT2D eigenvalue weighted by atomic mass is 10.0. The number of oxime groups is 1. The summed E-state index contributed by atoms with van der Waals surface area (Å²) in [4.78, 5) is 6.90. The summed E-state index contributed by atoms with van der Waals surface area (Å²) < 4.78 is 0. The highest BCUT2D eigenvalue weighted by molar-refractivity contribution is 6.03. The van der Waals surface area contributed by atoms with Crippen molar-refractivity contribution >= 4 is 11.7 Å². The number of aryl methyl sites for hydroxylation is 2. The van der Waals surface area contributed by atoms with Crippen LogP contribution in [0.4, 0.5) is 5.82 Å². The topological polar surface area (TPSA) is 74.7 Å². The second kappa shape index (κ2) is 4.72. The van der Waals surface area contributed by atoms with E-state index in [1.165, 1.54) is 0 Å². The van der Waals surface area contributed by atoms with Crippen molar-refractivity contribution in [2.75, 3.05) is 11.4 Å². The van der Waals surface area contributed by atoms with E-state index < -0.39 is 0 Å². The Morgan fingerprint density at radius 2 is 2.16 bits per heavy atom. The molecule has 5 heteroatoms. The SMILES string of the molecule is Cc1cc(C)c(C(N)=NO)c(N2CCCC2(C)C)n1. The van der Waals surface area contributed by atoms with Crippen LogP contribution in [0.1, 0.15) is 43.5 Å². The van der Waals surface area contributed by atoms with Crippen molar-refractivity contribution in [1.29, 1.82) is 0 Å². The first kappa shape index (κ1) is 13.6. The first-order chi connectivity index (χ1) is 8.86. The molecule has 0 amide bonds. The third-order valence-corrected chi connectivity index (χ3v) is 3.85. The molecule has 0 atom stereocenters. The zero-order valence-electron chi connectivity index (χ0n) is 12.1. The van der Waals surface area contributed by atoms with E-state index in [0.29, 0.717) is 0 Å². The molecule has 1 saturated heterocycles.